The van der Waals surface area contributed by atoms with E-state index in [0.717, 1.165) is 38.4 Å². The van der Waals surface area contributed by atoms with Gasteiger partial charge in [-0.2, -0.15) is 0 Å². The summed E-state index contributed by atoms with van der Waals surface area (Å²) in [5.74, 6) is 1.75. The van der Waals surface area contributed by atoms with E-state index < -0.39 is 5.72 Å². The molecular weight excluding hydrogens is 428 g/mol. The number of ether oxygens (including phenoxy) is 3. The molecule has 4 aliphatic carbocycles. The molecule has 0 aromatic heterocycles. The molecule has 6 heteroatoms. The highest BCUT2D eigenvalue weighted by atomic mass is 16.7. The van der Waals surface area contributed by atoms with Crippen molar-refractivity contribution in [3.63, 3.8) is 0 Å². The Morgan fingerprint density at radius 3 is 2.53 bits per heavy atom. The van der Waals surface area contributed by atoms with Crippen LogP contribution < -0.4 is 5.32 Å². The average molecular weight is 473 g/mol. The van der Waals surface area contributed by atoms with Gasteiger partial charge in [0.2, 0.25) is 0 Å². The highest BCUT2D eigenvalue weighted by molar-refractivity contribution is 5.75. The maximum Gasteiger partial charge on any atom is 0.319 e. The number of fused-ring (bicyclic) bond motifs is 6. The monoisotopic (exact) mass is 472 g/mol. The van der Waals surface area contributed by atoms with Crippen molar-refractivity contribution in [2.45, 2.75) is 103 Å². The molecule has 5 fully saturated rings. The molecule has 0 bridgehead atoms. The van der Waals surface area contributed by atoms with Gasteiger partial charge in [0, 0.05) is 24.8 Å². The van der Waals surface area contributed by atoms with Crippen LogP contribution in [-0.4, -0.2) is 54.3 Å². The fourth-order valence-electron chi connectivity index (χ4n) is 9.44. The van der Waals surface area contributed by atoms with Crippen molar-refractivity contribution >= 4 is 6.03 Å². The van der Waals surface area contributed by atoms with E-state index >= 15 is 0 Å². The van der Waals surface area contributed by atoms with Crippen molar-refractivity contribution in [1.82, 2.24) is 10.2 Å². The zero-order valence-corrected chi connectivity index (χ0v) is 21.9. The number of urea groups is 1. The second-order valence-corrected chi connectivity index (χ2v) is 13.0. The maximum atomic E-state index is 12.9. The van der Waals surface area contributed by atoms with Crippen LogP contribution in [0.25, 0.3) is 0 Å². The molecule has 2 spiro atoms. The third-order valence-electron chi connectivity index (χ3n) is 11.3. The molecule has 0 aromatic rings. The minimum absolute atomic E-state index is 0.00958. The average Bonchev–Trinajstić information content (AvgIpc) is 3.44. The highest BCUT2D eigenvalue weighted by Crippen LogP contribution is 2.70. The molecule has 6 rings (SSSR count). The summed E-state index contributed by atoms with van der Waals surface area (Å²) in [6.07, 6.45) is 11.6. The minimum atomic E-state index is -0.571. The summed E-state index contributed by atoms with van der Waals surface area (Å²) in [5.41, 5.74) is 1.17. The molecule has 3 saturated carbocycles. The van der Waals surface area contributed by atoms with E-state index in [1.54, 1.807) is 5.57 Å². The van der Waals surface area contributed by atoms with E-state index in [1.807, 2.05) is 11.8 Å². The van der Waals surface area contributed by atoms with Crippen LogP contribution in [0.1, 0.15) is 86.0 Å². The van der Waals surface area contributed by atoms with Gasteiger partial charge in [0.1, 0.15) is 5.72 Å². The quantitative estimate of drug-likeness (QED) is 0.531. The number of nitrogens with one attached hydrogen (secondary N) is 1. The Balaban J connectivity index is 1.27. The molecule has 1 N–H and O–H groups in total. The molecule has 190 valence electrons. The molecule has 34 heavy (non-hydrogen) atoms. The molecule has 6 atom stereocenters. The summed E-state index contributed by atoms with van der Waals surface area (Å²) >= 11 is 0. The highest BCUT2D eigenvalue weighted by Gasteiger charge is 2.69. The normalized spacial score (nSPS) is 46.2. The Morgan fingerprint density at radius 2 is 1.79 bits per heavy atom. The Kier molecular flexibility index (Phi) is 5.11. The van der Waals surface area contributed by atoms with Crippen LogP contribution >= 0.6 is 0 Å². The SMILES string of the molecule is CCNC(=O)N1C[C@@]2(CC[C@@H]3[C@H]4CC=C5CC6(CC[C@]5(C)[C@@H]4CC[C@@]32C)OCCO6)OC1(C)C. The Labute approximate surface area is 205 Å². The summed E-state index contributed by atoms with van der Waals surface area (Å²) in [6.45, 7) is 14.0. The van der Waals surface area contributed by atoms with Crippen LogP contribution in [0.15, 0.2) is 11.6 Å². The third kappa shape index (κ3) is 3.00. The van der Waals surface area contributed by atoms with E-state index in [9.17, 15) is 4.79 Å². The van der Waals surface area contributed by atoms with Gasteiger partial charge in [-0.25, -0.2) is 4.79 Å². The Bertz CT molecular complexity index is 895. The number of carbonyl (C=O) groups excluding carboxylic acids is 1. The first kappa shape index (κ1) is 23.3. The summed E-state index contributed by atoms with van der Waals surface area (Å²) in [5, 5.41) is 3.01. The van der Waals surface area contributed by atoms with Crippen LogP contribution in [0.5, 0.6) is 0 Å². The number of rotatable bonds is 1. The molecule has 2 aliphatic heterocycles. The van der Waals surface area contributed by atoms with Gasteiger partial charge < -0.3 is 19.5 Å². The predicted octanol–water partition coefficient (Wildman–Crippen LogP) is 5.23. The molecule has 2 amide bonds. The lowest BCUT2D eigenvalue weighted by Crippen LogP contribution is -2.56. The standard InChI is InChI=1S/C28H44N2O4/c1-6-29-23(31)30-18-27(34-24(30,2)3)12-10-22-20-8-7-19-17-28(32-15-16-33-28)14-13-25(19,4)21(20)9-11-26(22,27)5/h7,20-22H,6,8-18H2,1-5H3,(H,29,31)/t20-,21+,22+,25-,26-,27+/m0/s1. The van der Waals surface area contributed by atoms with Gasteiger partial charge in [-0.05, 0) is 82.5 Å². The van der Waals surface area contributed by atoms with Crippen molar-refractivity contribution in [1.29, 1.82) is 0 Å². The van der Waals surface area contributed by atoms with Crippen molar-refractivity contribution in [3.8, 4) is 0 Å². The molecule has 6 nitrogen and oxygen atoms in total. The van der Waals surface area contributed by atoms with Crippen LogP contribution in [-0.2, 0) is 14.2 Å². The number of allylic oxidation sites excluding steroid dienone is 1. The predicted molar refractivity (Wildman–Crippen MR) is 130 cm³/mol. The van der Waals surface area contributed by atoms with E-state index in [2.05, 4.69) is 39.1 Å². The van der Waals surface area contributed by atoms with Gasteiger partial charge in [-0.15, -0.1) is 0 Å². The van der Waals surface area contributed by atoms with Gasteiger partial charge >= 0.3 is 6.03 Å². The minimum Gasteiger partial charge on any atom is -0.347 e. The fraction of sp³-hybridized carbons (Fsp3) is 0.893. The van der Waals surface area contributed by atoms with Crippen molar-refractivity contribution in [2.75, 3.05) is 26.3 Å². The lowest BCUT2D eigenvalue weighted by atomic mass is 9.46. The first-order chi connectivity index (χ1) is 16.1. The lowest BCUT2D eigenvalue weighted by Gasteiger charge is -2.59. The van der Waals surface area contributed by atoms with E-state index in [0.29, 0.717) is 24.9 Å². The second kappa shape index (κ2) is 7.45. The van der Waals surface area contributed by atoms with E-state index in [-0.39, 0.29) is 28.2 Å². The molecular formula is C28H44N2O4. The van der Waals surface area contributed by atoms with Gasteiger partial charge in [-0.3, -0.25) is 4.90 Å². The fourth-order valence-corrected chi connectivity index (χ4v) is 9.44. The van der Waals surface area contributed by atoms with Crippen LogP contribution in [0, 0.1) is 28.6 Å². The molecule has 2 heterocycles. The summed E-state index contributed by atoms with van der Waals surface area (Å²) in [7, 11) is 0. The summed E-state index contributed by atoms with van der Waals surface area (Å²) in [4.78, 5) is 14.9. The molecule has 0 aromatic carbocycles. The van der Waals surface area contributed by atoms with Crippen molar-refractivity contribution in [3.05, 3.63) is 11.6 Å². The van der Waals surface area contributed by atoms with Crippen LogP contribution in [0.4, 0.5) is 4.79 Å². The molecule has 0 radical (unpaired) electrons. The first-order valence-electron chi connectivity index (χ1n) is 13.8. The van der Waals surface area contributed by atoms with Crippen LogP contribution in [0.2, 0.25) is 0 Å². The zero-order valence-electron chi connectivity index (χ0n) is 21.9. The summed E-state index contributed by atoms with van der Waals surface area (Å²) in [6, 6.07) is 0.00958. The zero-order chi connectivity index (χ0) is 24.0. The van der Waals surface area contributed by atoms with Gasteiger partial charge in [0.15, 0.2) is 5.79 Å². The second-order valence-electron chi connectivity index (χ2n) is 13.0. The summed E-state index contributed by atoms with van der Waals surface area (Å²) < 4.78 is 19.2. The van der Waals surface area contributed by atoms with E-state index in [1.165, 1.54) is 32.1 Å². The van der Waals surface area contributed by atoms with Crippen molar-refractivity contribution in [2.24, 2.45) is 28.6 Å². The smallest absolute Gasteiger partial charge is 0.319 e. The maximum absolute atomic E-state index is 12.9. The third-order valence-corrected chi connectivity index (χ3v) is 11.3. The van der Waals surface area contributed by atoms with Crippen molar-refractivity contribution < 1.29 is 19.0 Å². The number of amides is 2. The Hall–Kier alpha value is -1.11. The molecule has 2 saturated heterocycles. The molecule has 6 aliphatic rings. The number of hydrogen-bond donors (Lipinski definition) is 1. The van der Waals surface area contributed by atoms with Crippen LogP contribution in [0.3, 0.4) is 0 Å². The largest absolute Gasteiger partial charge is 0.347 e. The van der Waals surface area contributed by atoms with Gasteiger partial charge in [0.25, 0.3) is 0 Å². The number of hydrogen-bond acceptors (Lipinski definition) is 4. The molecule has 0 unspecified atom stereocenters. The Morgan fingerprint density at radius 1 is 1.06 bits per heavy atom. The lowest BCUT2D eigenvalue weighted by molar-refractivity contribution is -0.193. The number of nitrogens with zero attached hydrogens (tertiary/aromatic N) is 1. The first-order valence-corrected chi connectivity index (χ1v) is 13.8. The topological polar surface area (TPSA) is 60.0 Å². The van der Waals surface area contributed by atoms with Gasteiger partial charge in [0.05, 0.1) is 25.4 Å². The van der Waals surface area contributed by atoms with Gasteiger partial charge in [-0.1, -0.05) is 25.5 Å². The van der Waals surface area contributed by atoms with E-state index in [4.69, 9.17) is 14.2 Å². The number of carbonyl (C=O) groups is 1.